The van der Waals surface area contributed by atoms with Crippen LogP contribution in [-0.4, -0.2) is 24.5 Å². The van der Waals surface area contributed by atoms with Gasteiger partial charge in [-0.3, -0.25) is 14.9 Å². The van der Waals surface area contributed by atoms with Gasteiger partial charge in [0.15, 0.2) is 0 Å². The molecule has 1 amide bonds. The van der Waals surface area contributed by atoms with Crippen LogP contribution >= 0.6 is 0 Å². The van der Waals surface area contributed by atoms with Gasteiger partial charge in [-0.2, -0.15) is 0 Å². The van der Waals surface area contributed by atoms with Gasteiger partial charge >= 0.3 is 0 Å². The van der Waals surface area contributed by atoms with Gasteiger partial charge in [-0.05, 0) is 29.8 Å². The number of para-hydroxylation sites is 1. The first-order valence-electron chi connectivity index (χ1n) is 7.81. The normalized spacial score (nSPS) is 12.7. The van der Waals surface area contributed by atoms with Crippen LogP contribution < -0.4 is 14.8 Å². The lowest BCUT2D eigenvalue weighted by atomic mass is 10.1. The fourth-order valence-corrected chi connectivity index (χ4v) is 2.48. The van der Waals surface area contributed by atoms with E-state index in [9.17, 15) is 14.9 Å². The van der Waals surface area contributed by atoms with E-state index in [-0.39, 0.29) is 11.4 Å². The number of hydrogen-bond donors (Lipinski definition) is 1. The predicted octanol–water partition coefficient (Wildman–Crippen LogP) is 3.57. The molecule has 0 spiro atoms. The molecule has 0 saturated heterocycles. The molecule has 0 atom stereocenters. The van der Waals surface area contributed by atoms with Crippen LogP contribution in [0.25, 0.3) is 6.08 Å². The van der Waals surface area contributed by atoms with Crippen molar-refractivity contribution in [2.24, 2.45) is 0 Å². The zero-order chi connectivity index (χ0) is 18.5. The van der Waals surface area contributed by atoms with E-state index in [4.69, 9.17) is 9.47 Å². The minimum absolute atomic E-state index is 0.102. The molecule has 0 radical (unpaired) electrons. The van der Waals surface area contributed by atoms with Gasteiger partial charge in [0.1, 0.15) is 23.8 Å². The number of fused-ring (bicyclic) bond motifs is 1. The summed E-state index contributed by atoms with van der Waals surface area (Å²) >= 11 is 0. The lowest BCUT2D eigenvalue weighted by Gasteiger charge is -2.15. The maximum Gasteiger partial charge on any atom is 0.296 e. The number of nitrogens with one attached hydrogen (secondary N) is 1. The smallest absolute Gasteiger partial charge is 0.296 e. The first-order valence-corrected chi connectivity index (χ1v) is 7.81. The highest BCUT2D eigenvalue weighted by Crippen LogP contribution is 2.29. The van der Waals surface area contributed by atoms with Gasteiger partial charge in [0.25, 0.3) is 5.69 Å². The minimum atomic E-state index is -0.573. The number of carbonyl (C=O) groups excluding carboxylic acids is 1. The second-order valence-electron chi connectivity index (χ2n) is 5.51. The summed E-state index contributed by atoms with van der Waals surface area (Å²) < 4.78 is 10.6. The third kappa shape index (κ3) is 3.89. The van der Waals surface area contributed by atoms with Crippen molar-refractivity contribution in [2.75, 3.05) is 19.0 Å². The number of carbonyl (C=O) groups is 1. The Morgan fingerprint density at radius 1 is 1.31 bits per heavy atom. The zero-order valence-corrected chi connectivity index (χ0v) is 14.0. The number of anilines is 1. The van der Waals surface area contributed by atoms with Crippen molar-refractivity contribution in [2.45, 2.75) is 0 Å². The van der Waals surface area contributed by atoms with E-state index in [0.29, 0.717) is 12.4 Å². The molecule has 1 aliphatic heterocycles. The van der Waals surface area contributed by atoms with Crippen LogP contribution in [0.1, 0.15) is 5.56 Å². The number of ether oxygens (including phenoxy) is 2. The summed E-state index contributed by atoms with van der Waals surface area (Å²) in [6, 6.07) is 11.8. The Kier molecular flexibility index (Phi) is 4.98. The molecule has 0 saturated carbocycles. The molecule has 0 aromatic heterocycles. The van der Waals surface area contributed by atoms with Gasteiger partial charge in [-0.15, -0.1) is 0 Å². The molecule has 2 aromatic carbocycles. The Balaban J connectivity index is 1.73. The summed E-state index contributed by atoms with van der Waals surface area (Å²) in [6.07, 6.45) is 4.87. The summed E-state index contributed by atoms with van der Waals surface area (Å²) in [6.45, 7) is 0.351. The average Bonchev–Trinajstić information content (AvgIpc) is 2.66. The number of hydrogen-bond acceptors (Lipinski definition) is 5. The van der Waals surface area contributed by atoms with Gasteiger partial charge in [0.05, 0.1) is 18.1 Å². The van der Waals surface area contributed by atoms with E-state index in [2.05, 4.69) is 5.32 Å². The highest BCUT2D eigenvalue weighted by Gasteiger charge is 2.16. The molecule has 1 heterocycles. The highest BCUT2D eigenvalue weighted by atomic mass is 16.6. The van der Waals surface area contributed by atoms with E-state index < -0.39 is 10.8 Å². The summed E-state index contributed by atoms with van der Waals surface area (Å²) in [4.78, 5) is 22.7. The molecule has 7 heteroatoms. The molecule has 0 unspecified atom stereocenters. The Morgan fingerprint density at radius 2 is 2.12 bits per heavy atom. The van der Waals surface area contributed by atoms with Crippen LogP contribution in [0.15, 0.2) is 60.2 Å². The van der Waals surface area contributed by atoms with Crippen molar-refractivity contribution in [3.63, 3.8) is 0 Å². The lowest BCUT2D eigenvalue weighted by Crippen LogP contribution is -2.11. The monoisotopic (exact) mass is 352 g/mol. The number of nitro benzene ring substituents is 1. The van der Waals surface area contributed by atoms with Gasteiger partial charge in [0.2, 0.25) is 5.91 Å². The van der Waals surface area contributed by atoms with Crippen LogP contribution in [-0.2, 0) is 4.79 Å². The second kappa shape index (κ2) is 7.52. The first-order chi connectivity index (χ1) is 12.6. The number of methoxy groups -OCH3 is 1. The SMILES string of the molecule is COc1ccc(NC(=O)C=CC2=Cc3ccccc3OC2)c([N+](=O)[O-])c1. The largest absolute Gasteiger partial charge is 0.496 e. The third-order valence-electron chi connectivity index (χ3n) is 3.76. The number of amides is 1. The number of nitro groups is 1. The Morgan fingerprint density at radius 3 is 2.88 bits per heavy atom. The summed E-state index contributed by atoms with van der Waals surface area (Å²) in [5.74, 6) is 0.661. The summed E-state index contributed by atoms with van der Waals surface area (Å²) in [5.41, 5.74) is 1.62. The van der Waals surface area contributed by atoms with Crippen molar-refractivity contribution in [1.29, 1.82) is 0 Å². The molecule has 1 N–H and O–H groups in total. The van der Waals surface area contributed by atoms with Crippen LogP contribution in [0.4, 0.5) is 11.4 Å². The molecule has 3 rings (SSSR count). The third-order valence-corrected chi connectivity index (χ3v) is 3.76. The second-order valence-corrected chi connectivity index (χ2v) is 5.51. The van der Waals surface area contributed by atoms with Crippen molar-refractivity contribution in [3.05, 3.63) is 75.9 Å². The zero-order valence-electron chi connectivity index (χ0n) is 14.0. The Hall–Kier alpha value is -3.61. The number of benzene rings is 2. The molecular formula is C19H16N2O5. The van der Waals surface area contributed by atoms with E-state index >= 15 is 0 Å². The molecule has 7 nitrogen and oxygen atoms in total. The van der Waals surface area contributed by atoms with E-state index in [1.54, 1.807) is 12.1 Å². The van der Waals surface area contributed by atoms with E-state index in [1.165, 1.54) is 25.3 Å². The van der Waals surface area contributed by atoms with Gasteiger partial charge in [-0.1, -0.05) is 24.3 Å². The first kappa shape index (κ1) is 17.2. The quantitative estimate of drug-likeness (QED) is 0.505. The molecule has 1 aliphatic rings. The van der Waals surface area contributed by atoms with Crippen molar-refractivity contribution in [1.82, 2.24) is 0 Å². The fourth-order valence-electron chi connectivity index (χ4n) is 2.48. The van der Waals surface area contributed by atoms with Crippen LogP contribution in [0, 0.1) is 10.1 Å². The van der Waals surface area contributed by atoms with Crippen molar-refractivity contribution < 1.29 is 19.2 Å². The van der Waals surface area contributed by atoms with Crippen LogP contribution in [0.3, 0.4) is 0 Å². The number of rotatable bonds is 5. The predicted molar refractivity (Wildman–Crippen MR) is 97.3 cm³/mol. The molecule has 0 fully saturated rings. The van der Waals surface area contributed by atoms with Crippen molar-refractivity contribution >= 4 is 23.4 Å². The van der Waals surface area contributed by atoms with Crippen LogP contribution in [0.5, 0.6) is 11.5 Å². The maximum atomic E-state index is 12.1. The Bertz CT molecular complexity index is 918. The topological polar surface area (TPSA) is 90.7 Å². The average molecular weight is 352 g/mol. The molecule has 26 heavy (non-hydrogen) atoms. The number of nitrogens with zero attached hydrogens (tertiary/aromatic N) is 1. The van der Waals surface area contributed by atoms with E-state index in [0.717, 1.165) is 16.9 Å². The van der Waals surface area contributed by atoms with Crippen molar-refractivity contribution in [3.8, 4) is 11.5 Å². The highest BCUT2D eigenvalue weighted by molar-refractivity contribution is 6.01. The molecule has 132 valence electrons. The molecule has 0 bridgehead atoms. The standard InChI is InChI=1S/C19H16N2O5/c1-25-15-7-8-16(17(11-15)21(23)24)20-19(22)9-6-13-10-14-4-2-3-5-18(14)26-12-13/h2-11H,12H2,1H3,(H,20,22). The molecular weight excluding hydrogens is 336 g/mol. The van der Waals surface area contributed by atoms with E-state index in [1.807, 2.05) is 30.3 Å². The lowest BCUT2D eigenvalue weighted by molar-refractivity contribution is -0.384. The maximum absolute atomic E-state index is 12.1. The molecule has 0 aliphatic carbocycles. The summed E-state index contributed by atoms with van der Waals surface area (Å²) in [5, 5.41) is 13.7. The van der Waals surface area contributed by atoms with Gasteiger partial charge in [-0.25, -0.2) is 0 Å². The van der Waals surface area contributed by atoms with Gasteiger partial charge < -0.3 is 14.8 Å². The minimum Gasteiger partial charge on any atom is -0.496 e. The molecule has 2 aromatic rings. The summed E-state index contributed by atoms with van der Waals surface area (Å²) in [7, 11) is 1.41. The van der Waals surface area contributed by atoms with Gasteiger partial charge in [0, 0.05) is 11.6 Å². The van der Waals surface area contributed by atoms with Crippen LogP contribution in [0.2, 0.25) is 0 Å². The fraction of sp³-hybridized carbons (Fsp3) is 0.105. The Labute approximate surface area is 149 Å².